The van der Waals surface area contributed by atoms with E-state index in [0.29, 0.717) is 33.4 Å². The minimum absolute atomic E-state index is 0.0270. The fourth-order valence-corrected chi connectivity index (χ4v) is 20.8. The smallest absolute Gasteiger partial charge is 0.460 e. The number of nitrogens with zero attached hydrogens (tertiary/aromatic N) is 3. The summed E-state index contributed by atoms with van der Waals surface area (Å²) in [5, 5.41) is 66.6. The molecule has 7 rings (SSSR count). The molecule has 1 aliphatic rings. The maximum Gasteiger partial charge on any atom is 0.460 e. The number of aliphatic hydroxyl groups is 6. The average molecular weight is 1410 g/mol. The Morgan fingerprint density at radius 1 is 0.278 bits per heavy atom. The Labute approximate surface area is 522 Å². The zero-order valence-electron chi connectivity index (χ0n) is 47.5. The number of aliphatic hydroxyl groups excluding tert-OH is 6. The van der Waals surface area contributed by atoms with Crippen LogP contribution < -0.4 is 56.5 Å². The summed E-state index contributed by atoms with van der Waals surface area (Å²) in [6.07, 6.45) is -1.93. The van der Waals surface area contributed by atoms with Crippen LogP contribution in [0.3, 0.4) is 0 Å². The second kappa shape index (κ2) is 34.2. The molecule has 0 radical (unpaired) electrons. The van der Waals surface area contributed by atoms with Gasteiger partial charge in [0.2, 0.25) is 0 Å². The van der Waals surface area contributed by atoms with E-state index in [9.17, 15) is 87.4 Å². The fraction of sp³-hybridized carbons (Fsp3) is 0.333. The Kier molecular flexibility index (Phi) is 27.5. The first-order chi connectivity index (χ1) is 43.0. The molecule has 6 atom stereocenters. The summed E-state index contributed by atoms with van der Waals surface area (Å²) in [4.78, 5) is 70.7. The topological polar surface area (TPSA) is 455 Å². The molecule has 6 unspecified atom stereocenters. The molecule has 1 aliphatic heterocycles. The number of hydrogen-bond acceptors (Lipinski definition) is 27. The quantitative estimate of drug-likeness (QED) is 0.0213. The predicted molar refractivity (Wildman–Crippen MR) is 323 cm³/mol. The molecule has 1 heterocycles. The van der Waals surface area contributed by atoms with E-state index in [1.54, 1.807) is 0 Å². The van der Waals surface area contributed by atoms with E-state index in [0.717, 1.165) is 0 Å². The van der Waals surface area contributed by atoms with Crippen LogP contribution in [0.2, 0.25) is 0 Å². The van der Waals surface area contributed by atoms with Crippen LogP contribution in [0.5, 0.6) is 34.5 Å². The highest BCUT2D eigenvalue weighted by molar-refractivity contribution is 7.79. The Morgan fingerprint density at radius 2 is 0.422 bits per heavy atom. The van der Waals surface area contributed by atoms with Gasteiger partial charge in [0.15, 0.2) is 0 Å². The third kappa shape index (κ3) is 21.0. The van der Waals surface area contributed by atoms with Crippen LogP contribution in [-0.4, -0.2) is 67.6 Å². The van der Waals surface area contributed by atoms with Crippen molar-refractivity contribution < 1.29 is 115 Å². The van der Waals surface area contributed by atoms with Gasteiger partial charge < -0.3 is 87.1 Å². The highest BCUT2D eigenvalue weighted by Gasteiger charge is 2.50. The largest absolute Gasteiger partial charge is 0.596 e. The molecule has 6 aromatic rings. The Balaban J connectivity index is 1.70. The molecule has 6 N–H and O–H groups in total. The van der Waals surface area contributed by atoms with Crippen molar-refractivity contribution in [1.82, 2.24) is 0 Å². The second-order valence-corrected chi connectivity index (χ2v) is 32.6. The number of benzene rings is 6. The summed E-state index contributed by atoms with van der Waals surface area (Å²) in [5.41, 5.74) is 2.23. The Morgan fingerprint density at radius 3 is 0.544 bits per heavy atom. The van der Waals surface area contributed by atoms with Gasteiger partial charge in [-0.15, -0.1) is 0 Å². The van der Waals surface area contributed by atoms with Gasteiger partial charge in [-0.3, -0.25) is 0 Å². The van der Waals surface area contributed by atoms with Crippen molar-refractivity contribution in [1.29, 1.82) is 0 Å². The molecule has 480 valence electrons. The molecule has 0 aliphatic carbocycles. The van der Waals surface area contributed by atoms with Crippen LogP contribution in [0.15, 0.2) is 123 Å². The number of aryl methyl sites for hydroxylation is 6. The molecule has 27 nitrogen and oxygen atoms in total. The molecule has 0 fully saturated rings. The molecular weight excluding hydrogens is 1350 g/mol. The van der Waals surface area contributed by atoms with Crippen molar-refractivity contribution >= 4 is 71.1 Å². The zero-order chi connectivity index (χ0) is 65.2. The SMILES string of the molecule is O=[P+]([O-])CCc1ccc(OP2(Oc3ccc(CC[P+](=O)[O-])cc3CO)=NP(Oc3ccc(CC[P+](=O)[O-])cc3CO)(Oc3ccc(CC[P+](=O)[O-])cc3CO)=NP(Oc3ccc(CC[P+](=O)[O-])cc3CO)(Oc3ccc(CC[P+](=O)[O-])cc3CO)=N2)c(CO)c1. The molecule has 0 aromatic heterocycles. The van der Waals surface area contributed by atoms with Gasteiger partial charge >= 0.3 is 71.1 Å². The average Bonchev–Trinajstić information content (AvgIpc) is 0.727. The second-order valence-electron chi connectivity index (χ2n) is 19.7. The van der Waals surface area contributed by atoms with Crippen LogP contribution in [0.1, 0.15) is 66.8 Å². The van der Waals surface area contributed by atoms with E-state index in [4.69, 9.17) is 40.7 Å². The third-order valence-corrected chi connectivity index (χ3v) is 24.8. The van der Waals surface area contributed by atoms with E-state index in [-0.39, 0.29) is 143 Å². The summed E-state index contributed by atoms with van der Waals surface area (Å²) in [6, 6.07) is 25.3. The van der Waals surface area contributed by atoms with Gasteiger partial charge in [-0.1, -0.05) is 77.3 Å². The first kappa shape index (κ1) is 72.4. The zero-order valence-corrected chi connectivity index (χ0v) is 55.6. The van der Waals surface area contributed by atoms with Gasteiger partial charge in [0.25, 0.3) is 0 Å². The van der Waals surface area contributed by atoms with Crippen LogP contribution >= 0.6 is 71.1 Å². The lowest BCUT2D eigenvalue weighted by atomic mass is 10.1. The highest BCUT2D eigenvalue weighted by atomic mass is 31.3. The van der Waals surface area contributed by atoms with Crippen molar-refractivity contribution in [2.75, 3.05) is 37.0 Å². The monoisotopic (exact) mass is 1410 g/mol. The first-order valence-corrected chi connectivity index (χ1v) is 39.9. The maximum absolute atomic E-state index is 11.8. The predicted octanol–water partition coefficient (Wildman–Crippen LogP) is 7.14. The van der Waals surface area contributed by atoms with E-state index in [2.05, 4.69) is 0 Å². The summed E-state index contributed by atoms with van der Waals surface area (Å²) in [6.45, 7) is -4.86. The standard InChI is InChI=1S/C54H60N3O24P9/c58-31-43-25-37(13-19-82(64)65)1-7-49(43)76-88(77-50-8-2-38(14-20-83(66)67)26-44(50)32-59)55-89(78-51-9-3-39(15-21-84(68)69)27-45(51)33-60,79-52-10-4-40(16-22-85(70)71)28-46(52)34-61)57-90(56-88,80-53-11-5-41(17-23-86(72)73)29-47(53)35-62)81-54-12-6-42(18-24-87(74)75)30-48(54)36-63/h1-12,25-30,58-63H,13-24,31-36H2. The molecule has 90 heavy (non-hydrogen) atoms. The van der Waals surface area contributed by atoms with Gasteiger partial charge in [-0.05, 0) is 106 Å². The van der Waals surface area contributed by atoms with E-state index < -0.39 is 111 Å². The molecule has 6 aromatic carbocycles. The molecule has 0 amide bonds. The lowest BCUT2D eigenvalue weighted by Gasteiger charge is -2.34. The lowest BCUT2D eigenvalue weighted by Crippen LogP contribution is -2.14. The van der Waals surface area contributed by atoms with Gasteiger partial charge in [0.05, 0.1) is 39.6 Å². The number of hydrogen-bond donors (Lipinski definition) is 6. The Bertz CT molecular complexity index is 3220. The summed E-state index contributed by atoms with van der Waals surface area (Å²) < 4.78 is 128. The van der Waals surface area contributed by atoms with Crippen LogP contribution in [-0.2, 0) is 106 Å². The van der Waals surface area contributed by atoms with Gasteiger partial charge in [0, 0.05) is 71.9 Å². The van der Waals surface area contributed by atoms with Crippen molar-refractivity contribution in [3.05, 3.63) is 176 Å². The third-order valence-electron chi connectivity index (χ3n) is 13.3. The van der Waals surface area contributed by atoms with Crippen LogP contribution in [0, 0.1) is 0 Å². The molecule has 0 saturated heterocycles. The van der Waals surface area contributed by atoms with Gasteiger partial charge in [-0.25, -0.2) is 0 Å². The van der Waals surface area contributed by atoms with Crippen LogP contribution in [0.25, 0.3) is 0 Å². The molecule has 0 spiro atoms. The summed E-state index contributed by atoms with van der Waals surface area (Å²) in [7, 11) is -32.8. The Hall–Kier alpha value is -5.07. The summed E-state index contributed by atoms with van der Waals surface area (Å²) in [5.74, 6) is -1.60. The molecule has 36 heteroatoms. The van der Waals surface area contributed by atoms with Gasteiger partial charge in [-0.2, -0.15) is 0 Å². The van der Waals surface area contributed by atoms with Gasteiger partial charge in [0.1, 0.15) is 71.5 Å². The van der Waals surface area contributed by atoms with Crippen molar-refractivity contribution in [3.8, 4) is 34.5 Å². The van der Waals surface area contributed by atoms with Crippen molar-refractivity contribution in [2.45, 2.75) is 78.2 Å². The molecule has 0 saturated carbocycles. The minimum atomic E-state index is -5.20. The van der Waals surface area contributed by atoms with Crippen LogP contribution in [0.4, 0.5) is 0 Å². The van der Waals surface area contributed by atoms with E-state index in [1.807, 2.05) is 0 Å². The molecule has 0 bridgehead atoms. The summed E-state index contributed by atoms with van der Waals surface area (Å²) >= 11 is 0. The first-order valence-electron chi connectivity index (χ1n) is 27.2. The lowest BCUT2D eigenvalue weighted by molar-refractivity contribution is -0.165. The fourth-order valence-electron chi connectivity index (χ4n) is 8.85. The van der Waals surface area contributed by atoms with E-state index in [1.165, 1.54) is 109 Å². The highest BCUT2D eigenvalue weighted by Crippen LogP contribution is 2.79. The molecular formula is C54H60N3O24P9. The van der Waals surface area contributed by atoms with Crippen molar-refractivity contribution in [2.24, 2.45) is 13.5 Å². The normalized spacial score (nSPS) is 18.0. The number of rotatable bonds is 36. The van der Waals surface area contributed by atoms with Crippen molar-refractivity contribution in [3.63, 3.8) is 0 Å². The minimum Gasteiger partial charge on any atom is -0.596 e. The van der Waals surface area contributed by atoms with E-state index >= 15 is 0 Å². The maximum atomic E-state index is 11.8.